The van der Waals surface area contributed by atoms with Crippen molar-refractivity contribution in [3.8, 4) is 0 Å². The maximum absolute atomic E-state index is 11.8. The van der Waals surface area contributed by atoms with E-state index in [1.54, 1.807) is 25.3 Å². The van der Waals surface area contributed by atoms with Gasteiger partial charge in [0.25, 0.3) is 0 Å². The molecule has 0 bridgehead atoms. The van der Waals surface area contributed by atoms with Gasteiger partial charge in [-0.15, -0.1) is 0 Å². The van der Waals surface area contributed by atoms with Gasteiger partial charge in [-0.2, -0.15) is 11.8 Å². The van der Waals surface area contributed by atoms with Gasteiger partial charge in [0.05, 0.1) is 0 Å². The van der Waals surface area contributed by atoms with Crippen LogP contribution in [0.5, 0.6) is 0 Å². The molecule has 1 aliphatic heterocycles. The average molecular weight is 295 g/mol. The van der Waals surface area contributed by atoms with Gasteiger partial charge in [-0.25, -0.2) is 9.97 Å². The number of amides is 1. The van der Waals surface area contributed by atoms with Crippen LogP contribution in [0.2, 0.25) is 0 Å². The fourth-order valence-electron chi connectivity index (χ4n) is 2.06. The van der Waals surface area contributed by atoms with E-state index in [4.69, 9.17) is 0 Å². The number of carbonyl (C=O) groups excluding carboxylic acids is 1. The summed E-state index contributed by atoms with van der Waals surface area (Å²) in [6.07, 6.45) is 1.55. The summed E-state index contributed by atoms with van der Waals surface area (Å²) in [5.41, 5.74) is 0. The molecule has 20 heavy (non-hydrogen) atoms. The molecular weight excluding hydrogens is 274 g/mol. The Balaban J connectivity index is 2.03. The highest BCUT2D eigenvalue weighted by molar-refractivity contribution is 7.99. The van der Waals surface area contributed by atoms with Gasteiger partial charge in [-0.3, -0.25) is 4.79 Å². The minimum Gasteiger partial charge on any atom is -0.358 e. The zero-order chi connectivity index (χ0) is 14.5. The van der Waals surface area contributed by atoms with E-state index in [2.05, 4.69) is 20.2 Å². The number of aromatic nitrogens is 2. The second kappa shape index (κ2) is 6.78. The molecule has 0 aliphatic carbocycles. The number of thioether (sulfide) groups is 1. The van der Waals surface area contributed by atoms with Crippen molar-refractivity contribution in [1.82, 2.24) is 14.9 Å². The lowest BCUT2D eigenvalue weighted by Crippen LogP contribution is -2.37. The van der Waals surface area contributed by atoms with Crippen LogP contribution in [0.15, 0.2) is 12.4 Å². The zero-order valence-corrected chi connectivity index (χ0v) is 13.0. The maximum Gasteiger partial charge on any atom is 0.244 e. The van der Waals surface area contributed by atoms with E-state index in [1.165, 1.54) is 0 Å². The van der Waals surface area contributed by atoms with Gasteiger partial charge < -0.3 is 15.1 Å². The fraction of sp³-hybridized carbons (Fsp3) is 0.615. The summed E-state index contributed by atoms with van der Waals surface area (Å²) in [6.45, 7) is 3.85. The molecule has 1 aliphatic rings. The summed E-state index contributed by atoms with van der Waals surface area (Å²) in [5, 5.41) is 3.13. The van der Waals surface area contributed by atoms with Crippen LogP contribution in [-0.4, -0.2) is 65.5 Å². The Bertz CT molecular complexity index is 462. The number of rotatable bonds is 4. The van der Waals surface area contributed by atoms with Gasteiger partial charge >= 0.3 is 0 Å². The summed E-state index contributed by atoms with van der Waals surface area (Å²) in [5.74, 6) is 3.90. The van der Waals surface area contributed by atoms with Gasteiger partial charge in [0.15, 0.2) is 0 Å². The lowest BCUT2D eigenvalue weighted by molar-refractivity contribution is -0.129. The summed E-state index contributed by atoms with van der Waals surface area (Å²) in [7, 11) is 3.49. The second-order valence-electron chi connectivity index (χ2n) is 4.96. The first-order valence-corrected chi connectivity index (χ1v) is 7.86. The molecule has 2 rings (SSSR count). The monoisotopic (exact) mass is 295 g/mol. The lowest BCUT2D eigenvalue weighted by atomic mass is 10.3. The van der Waals surface area contributed by atoms with Crippen LogP contribution in [0.3, 0.4) is 0 Å². The molecule has 0 radical (unpaired) electrons. The highest BCUT2D eigenvalue weighted by Crippen LogP contribution is 2.19. The minimum absolute atomic E-state index is 0.0273. The molecule has 1 amide bonds. The van der Waals surface area contributed by atoms with Crippen LogP contribution >= 0.6 is 11.8 Å². The van der Waals surface area contributed by atoms with Crippen molar-refractivity contribution in [3.05, 3.63) is 12.4 Å². The van der Waals surface area contributed by atoms with Gasteiger partial charge in [0.1, 0.15) is 24.0 Å². The molecule has 110 valence electrons. The third kappa shape index (κ3) is 3.75. The SMILES string of the molecule is C[C@H](Nc1cc(N2CCSCC2)ncn1)C(=O)N(C)C. The van der Waals surface area contributed by atoms with Gasteiger partial charge in [0, 0.05) is 44.8 Å². The van der Waals surface area contributed by atoms with Crippen LogP contribution in [-0.2, 0) is 4.79 Å². The first-order valence-electron chi connectivity index (χ1n) is 6.70. The molecule has 1 aromatic heterocycles. The quantitative estimate of drug-likeness (QED) is 0.891. The van der Waals surface area contributed by atoms with Gasteiger partial charge in [-0.1, -0.05) is 0 Å². The van der Waals surface area contributed by atoms with Crippen molar-refractivity contribution in [2.45, 2.75) is 13.0 Å². The van der Waals surface area contributed by atoms with Crippen LogP contribution in [0.4, 0.5) is 11.6 Å². The molecule has 1 aromatic rings. The van der Waals surface area contributed by atoms with Gasteiger partial charge in [0.2, 0.25) is 5.91 Å². The van der Waals surface area contributed by atoms with Crippen LogP contribution in [0, 0.1) is 0 Å². The maximum atomic E-state index is 11.8. The van der Waals surface area contributed by atoms with Crippen molar-refractivity contribution < 1.29 is 4.79 Å². The van der Waals surface area contributed by atoms with Crippen molar-refractivity contribution >= 4 is 29.3 Å². The number of anilines is 2. The minimum atomic E-state index is -0.301. The second-order valence-corrected chi connectivity index (χ2v) is 6.18. The number of likely N-dealkylation sites (N-methyl/N-ethyl adjacent to an activating group) is 1. The summed E-state index contributed by atoms with van der Waals surface area (Å²) >= 11 is 1.96. The molecule has 1 N–H and O–H groups in total. The van der Waals surface area contributed by atoms with Crippen LogP contribution in [0.25, 0.3) is 0 Å². The lowest BCUT2D eigenvalue weighted by Gasteiger charge is -2.27. The summed E-state index contributed by atoms with van der Waals surface area (Å²) in [4.78, 5) is 24.2. The first kappa shape index (κ1) is 14.9. The largest absolute Gasteiger partial charge is 0.358 e. The Hall–Kier alpha value is -1.50. The number of carbonyl (C=O) groups is 1. The first-order chi connectivity index (χ1) is 9.58. The summed E-state index contributed by atoms with van der Waals surface area (Å²) in [6, 6.07) is 1.61. The van der Waals surface area contributed by atoms with E-state index < -0.39 is 0 Å². The third-order valence-corrected chi connectivity index (χ3v) is 4.11. The molecule has 1 atom stereocenters. The molecule has 2 heterocycles. The Morgan fingerprint density at radius 1 is 1.40 bits per heavy atom. The molecule has 0 aromatic carbocycles. The smallest absolute Gasteiger partial charge is 0.244 e. The number of nitrogens with zero attached hydrogens (tertiary/aromatic N) is 4. The molecule has 7 heteroatoms. The van der Waals surface area contributed by atoms with Crippen molar-refractivity contribution in [3.63, 3.8) is 0 Å². The normalized spacial score (nSPS) is 16.6. The zero-order valence-electron chi connectivity index (χ0n) is 12.2. The van der Waals surface area contributed by atoms with E-state index in [-0.39, 0.29) is 11.9 Å². The van der Waals surface area contributed by atoms with Crippen molar-refractivity contribution in [1.29, 1.82) is 0 Å². The molecule has 1 fully saturated rings. The summed E-state index contributed by atoms with van der Waals surface area (Å²) < 4.78 is 0. The van der Waals surface area contributed by atoms with E-state index in [1.807, 2.05) is 24.8 Å². The van der Waals surface area contributed by atoms with Crippen LogP contribution in [0.1, 0.15) is 6.92 Å². The van der Waals surface area contributed by atoms with E-state index in [0.717, 1.165) is 30.4 Å². The Morgan fingerprint density at radius 2 is 2.10 bits per heavy atom. The van der Waals surface area contributed by atoms with Crippen LogP contribution < -0.4 is 10.2 Å². The molecule has 6 nitrogen and oxygen atoms in total. The molecule has 0 spiro atoms. The fourth-order valence-corrected chi connectivity index (χ4v) is 2.97. The standard InChI is InChI=1S/C13H21N5OS/c1-10(13(19)17(2)3)16-11-8-12(15-9-14-11)18-4-6-20-7-5-18/h8-10H,4-7H2,1-3H3,(H,14,15,16)/t10-/m0/s1. The molecular formula is C13H21N5OS. The Kier molecular flexibility index (Phi) is 5.05. The Morgan fingerprint density at radius 3 is 2.75 bits per heavy atom. The Labute approximate surface area is 124 Å². The molecule has 1 saturated heterocycles. The van der Waals surface area contributed by atoms with Gasteiger partial charge in [-0.05, 0) is 6.92 Å². The third-order valence-electron chi connectivity index (χ3n) is 3.16. The highest BCUT2D eigenvalue weighted by Gasteiger charge is 2.17. The highest BCUT2D eigenvalue weighted by atomic mass is 32.2. The topological polar surface area (TPSA) is 61.4 Å². The predicted molar refractivity (Wildman–Crippen MR) is 83.3 cm³/mol. The predicted octanol–water partition coefficient (Wildman–Crippen LogP) is 0.918. The molecule has 0 unspecified atom stereocenters. The van der Waals surface area contributed by atoms with E-state index in [9.17, 15) is 4.79 Å². The number of hydrogen-bond donors (Lipinski definition) is 1. The molecule has 0 saturated carbocycles. The van der Waals surface area contributed by atoms with Crippen molar-refractivity contribution in [2.24, 2.45) is 0 Å². The average Bonchev–Trinajstić information content (AvgIpc) is 2.47. The van der Waals surface area contributed by atoms with E-state index in [0.29, 0.717) is 5.82 Å². The van der Waals surface area contributed by atoms with Crippen molar-refractivity contribution in [2.75, 3.05) is 48.9 Å². The number of hydrogen-bond acceptors (Lipinski definition) is 6. The van der Waals surface area contributed by atoms with E-state index >= 15 is 0 Å². The number of nitrogens with one attached hydrogen (secondary N) is 1.